The van der Waals surface area contributed by atoms with E-state index in [0.717, 1.165) is 5.56 Å². The van der Waals surface area contributed by atoms with Gasteiger partial charge in [-0.05, 0) is 25.0 Å². The van der Waals surface area contributed by atoms with Gasteiger partial charge in [-0.2, -0.15) is 0 Å². The van der Waals surface area contributed by atoms with Crippen LogP contribution in [-0.2, 0) is 6.42 Å². The van der Waals surface area contributed by atoms with Crippen LogP contribution in [0, 0.1) is 6.92 Å². The van der Waals surface area contributed by atoms with E-state index in [2.05, 4.69) is 4.98 Å². The van der Waals surface area contributed by atoms with Crippen molar-refractivity contribution in [3.05, 3.63) is 50.1 Å². The molecule has 0 bridgehead atoms. The van der Waals surface area contributed by atoms with Crippen molar-refractivity contribution >= 4 is 23.2 Å². The Balaban J connectivity index is 2.83. The molecule has 0 aliphatic rings. The van der Waals surface area contributed by atoms with Crippen LogP contribution in [0.2, 0.25) is 10.2 Å². The van der Waals surface area contributed by atoms with Gasteiger partial charge in [-0.25, -0.2) is 4.98 Å². The van der Waals surface area contributed by atoms with E-state index in [1.165, 1.54) is 10.6 Å². The maximum atomic E-state index is 12.2. The molecule has 0 aliphatic carbocycles. The Labute approximate surface area is 120 Å². The lowest BCUT2D eigenvalue weighted by atomic mass is 10.1. The molecule has 1 N–H and O–H groups in total. The number of aryl methyl sites for hydroxylation is 2. The van der Waals surface area contributed by atoms with E-state index in [1.807, 2.05) is 6.92 Å². The van der Waals surface area contributed by atoms with E-state index in [0.29, 0.717) is 23.0 Å². The summed E-state index contributed by atoms with van der Waals surface area (Å²) in [6.45, 7) is 3.67. The number of aromatic hydroxyl groups is 1. The van der Waals surface area contributed by atoms with Crippen LogP contribution >= 0.6 is 23.2 Å². The third-order valence-electron chi connectivity index (χ3n) is 2.86. The highest BCUT2D eigenvalue weighted by atomic mass is 35.5. The van der Waals surface area contributed by atoms with E-state index in [-0.39, 0.29) is 10.8 Å². The average molecular weight is 299 g/mol. The quantitative estimate of drug-likeness (QED) is 0.867. The van der Waals surface area contributed by atoms with Gasteiger partial charge < -0.3 is 5.11 Å². The minimum atomic E-state index is -0.476. The highest BCUT2D eigenvalue weighted by Gasteiger charge is 2.14. The van der Waals surface area contributed by atoms with Crippen molar-refractivity contribution in [2.45, 2.75) is 20.3 Å². The van der Waals surface area contributed by atoms with Gasteiger partial charge >= 0.3 is 0 Å². The van der Waals surface area contributed by atoms with Gasteiger partial charge in [0.15, 0.2) is 0 Å². The summed E-state index contributed by atoms with van der Waals surface area (Å²) in [6, 6.07) is 3.06. The van der Waals surface area contributed by atoms with Gasteiger partial charge in [-0.15, -0.1) is 0 Å². The molecule has 2 heterocycles. The normalized spacial score (nSPS) is 10.7. The Morgan fingerprint density at radius 2 is 2.05 bits per heavy atom. The lowest BCUT2D eigenvalue weighted by Gasteiger charge is -2.14. The van der Waals surface area contributed by atoms with Gasteiger partial charge in [-0.1, -0.05) is 30.1 Å². The van der Waals surface area contributed by atoms with Gasteiger partial charge in [0.2, 0.25) is 0 Å². The van der Waals surface area contributed by atoms with Crippen LogP contribution in [0.1, 0.15) is 18.2 Å². The van der Waals surface area contributed by atoms with Crippen LogP contribution in [0.4, 0.5) is 0 Å². The van der Waals surface area contributed by atoms with E-state index in [4.69, 9.17) is 23.2 Å². The van der Waals surface area contributed by atoms with Crippen LogP contribution in [-0.4, -0.2) is 14.7 Å². The van der Waals surface area contributed by atoms with Crippen LogP contribution in [0.5, 0.6) is 5.75 Å². The molecule has 0 spiro atoms. The number of halogens is 2. The molecule has 0 unspecified atom stereocenters. The summed E-state index contributed by atoms with van der Waals surface area (Å²) in [6.07, 6.45) is 2.33. The Bertz CT molecular complexity index is 696. The molecule has 0 saturated carbocycles. The molecule has 2 rings (SSSR count). The van der Waals surface area contributed by atoms with Crippen molar-refractivity contribution in [1.29, 1.82) is 0 Å². The zero-order valence-electron chi connectivity index (χ0n) is 10.4. The summed E-state index contributed by atoms with van der Waals surface area (Å²) in [7, 11) is 0. The summed E-state index contributed by atoms with van der Waals surface area (Å²) in [5.74, 6) is -0.224. The van der Waals surface area contributed by atoms with Crippen LogP contribution in [0.25, 0.3) is 5.69 Å². The number of rotatable bonds is 2. The SMILES string of the molecule is CCc1cnc(Cl)cc1-n1c(C)cc(O)c(Cl)c1=O. The average Bonchev–Trinajstić information content (AvgIpc) is 2.36. The number of pyridine rings is 2. The predicted octanol–water partition coefficient (Wildman–Crippen LogP) is 3.12. The molecule has 100 valence electrons. The van der Waals surface area contributed by atoms with Gasteiger partial charge in [0.05, 0.1) is 5.69 Å². The molecule has 4 nitrogen and oxygen atoms in total. The molecule has 2 aromatic rings. The third kappa shape index (κ3) is 2.46. The molecule has 2 aromatic heterocycles. The van der Waals surface area contributed by atoms with Crippen molar-refractivity contribution < 1.29 is 5.11 Å². The molecule has 0 saturated heterocycles. The fourth-order valence-corrected chi connectivity index (χ4v) is 2.21. The lowest BCUT2D eigenvalue weighted by molar-refractivity contribution is 0.472. The molecule has 6 heteroatoms. The Morgan fingerprint density at radius 3 is 2.68 bits per heavy atom. The van der Waals surface area contributed by atoms with Crippen LogP contribution in [0.15, 0.2) is 23.1 Å². The maximum absolute atomic E-state index is 12.2. The molecule has 0 amide bonds. The van der Waals surface area contributed by atoms with Gasteiger partial charge in [0.25, 0.3) is 5.56 Å². The van der Waals surface area contributed by atoms with Crippen LogP contribution in [0.3, 0.4) is 0 Å². The summed E-state index contributed by atoms with van der Waals surface area (Å²) >= 11 is 11.7. The predicted molar refractivity (Wildman–Crippen MR) is 75.6 cm³/mol. The van der Waals surface area contributed by atoms with E-state index in [9.17, 15) is 9.90 Å². The maximum Gasteiger partial charge on any atom is 0.277 e. The van der Waals surface area contributed by atoms with Crippen LogP contribution < -0.4 is 5.56 Å². The monoisotopic (exact) mass is 298 g/mol. The van der Waals surface area contributed by atoms with Crippen molar-refractivity contribution in [2.75, 3.05) is 0 Å². The summed E-state index contributed by atoms with van der Waals surface area (Å²) in [4.78, 5) is 16.2. The summed E-state index contributed by atoms with van der Waals surface area (Å²) in [5.41, 5.74) is 1.60. The number of hydrogen-bond acceptors (Lipinski definition) is 3. The first-order chi connectivity index (χ1) is 8.95. The minimum Gasteiger partial charge on any atom is -0.506 e. The van der Waals surface area contributed by atoms with Gasteiger partial charge in [-0.3, -0.25) is 9.36 Å². The van der Waals surface area contributed by atoms with Crippen molar-refractivity contribution in [3.8, 4) is 11.4 Å². The summed E-state index contributed by atoms with van der Waals surface area (Å²) in [5, 5.41) is 9.64. The summed E-state index contributed by atoms with van der Waals surface area (Å²) < 4.78 is 1.43. The lowest BCUT2D eigenvalue weighted by Crippen LogP contribution is -2.22. The molecule has 0 aliphatic heterocycles. The molecular formula is C13H12Cl2N2O2. The van der Waals surface area contributed by atoms with E-state index >= 15 is 0 Å². The molecule has 0 atom stereocenters. The molecular weight excluding hydrogens is 287 g/mol. The second kappa shape index (κ2) is 5.23. The van der Waals surface area contributed by atoms with Gasteiger partial charge in [0, 0.05) is 18.0 Å². The second-order valence-corrected chi connectivity index (χ2v) is 4.88. The van der Waals surface area contributed by atoms with Crippen molar-refractivity contribution in [3.63, 3.8) is 0 Å². The first-order valence-corrected chi connectivity index (χ1v) is 6.47. The highest BCUT2D eigenvalue weighted by Crippen LogP contribution is 2.24. The fourth-order valence-electron chi connectivity index (χ4n) is 1.92. The Morgan fingerprint density at radius 1 is 1.37 bits per heavy atom. The zero-order valence-corrected chi connectivity index (χ0v) is 12.0. The highest BCUT2D eigenvalue weighted by molar-refractivity contribution is 6.31. The zero-order chi connectivity index (χ0) is 14.2. The first kappa shape index (κ1) is 13.9. The molecule has 0 fully saturated rings. The third-order valence-corrected chi connectivity index (χ3v) is 3.43. The van der Waals surface area contributed by atoms with E-state index in [1.54, 1.807) is 19.2 Å². The largest absolute Gasteiger partial charge is 0.506 e. The number of nitrogens with zero attached hydrogens (tertiary/aromatic N) is 2. The Hall–Kier alpha value is -1.52. The molecule has 0 radical (unpaired) electrons. The second-order valence-electron chi connectivity index (χ2n) is 4.11. The fraction of sp³-hybridized carbons (Fsp3) is 0.231. The standard InChI is InChI=1S/C13H12Cl2N2O2/c1-3-8-6-16-11(14)5-9(8)17-7(2)4-10(18)12(15)13(17)19/h4-6,18H,3H2,1-2H3. The topological polar surface area (TPSA) is 55.1 Å². The molecule has 19 heavy (non-hydrogen) atoms. The minimum absolute atomic E-state index is 0.208. The van der Waals surface area contributed by atoms with Gasteiger partial charge in [0.1, 0.15) is 15.9 Å². The first-order valence-electron chi connectivity index (χ1n) is 5.71. The Kier molecular flexibility index (Phi) is 3.83. The smallest absolute Gasteiger partial charge is 0.277 e. The van der Waals surface area contributed by atoms with Crippen molar-refractivity contribution in [1.82, 2.24) is 9.55 Å². The molecule has 0 aromatic carbocycles. The van der Waals surface area contributed by atoms with E-state index < -0.39 is 5.56 Å². The number of aromatic nitrogens is 2. The number of hydrogen-bond donors (Lipinski definition) is 1. The van der Waals surface area contributed by atoms with Crippen molar-refractivity contribution in [2.24, 2.45) is 0 Å².